The highest BCUT2D eigenvalue weighted by atomic mass is 19.1. The molecule has 0 bridgehead atoms. The number of piperidine rings is 1. The maximum absolute atomic E-state index is 12.9. The van der Waals surface area contributed by atoms with Crippen LogP contribution in [0.3, 0.4) is 0 Å². The standard InChI is InChI=1S/C19H27FN4O2/c1-14(25)21-17-11-19(23(2)12-17)7-9-24(10-8-19)13-18(26)22-16-5-3-15(20)4-6-16/h3-6,17H,7-13H2,1-2H3,(H,21,25)(H,22,26)/t17-/m0/s1. The molecule has 3 rings (SSSR count). The molecule has 7 heteroatoms. The molecule has 2 aliphatic heterocycles. The van der Waals surface area contributed by atoms with Crippen LogP contribution in [0.15, 0.2) is 24.3 Å². The highest BCUT2D eigenvalue weighted by Crippen LogP contribution is 2.37. The van der Waals surface area contributed by atoms with E-state index in [1.54, 1.807) is 19.1 Å². The van der Waals surface area contributed by atoms with Crippen LogP contribution in [0.2, 0.25) is 0 Å². The zero-order chi connectivity index (χ0) is 18.7. The van der Waals surface area contributed by atoms with Crippen LogP contribution in [0.4, 0.5) is 10.1 Å². The quantitative estimate of drug-likeness (QED) is 0.851. The Morgan fingerprint density at radius 3 is 2.50 bits per heavy atom. The molecular formula is C19H27FN4O2. The predicted octanol–water partition coefficient (Wildman–Crippen LogP) is 1.44. The second-order valence-electron chi connectivity index (χ2n) is 7.54. The van der Waals surface area contributed by atoms with E-state index in [1.807, 2.05) is 0 Å². The molecule has 1 aromatic carbocycles. The highest BCUT2D eigenvalue weighted by Gasteiger charge is 2.45. The molecule has 0 aromatic heterocycles. The lowest BCUT2D eigenvalue weighted by molar-refractivity contribution is -0.120. The summed E-state index contributed by atoms with van der Waals surface area (Å²) in [4.78, 5) is 28.0. The minimum atomic E-state index is -0.317. The predicted molar refractivity (Wildman–Crippen MR) is 98.3 cm³/mol. The summed E-state index contributed by atoms with van der Waals surface area (Å²) >= 11 is 0. The van der Waals surface area contributed by atoms with Gasteiger partial charge in [0.15, 0.2) is 0 Å². The topological polar surface area (TPSA) is 64.7 Å². The van der Waals surface area contributed by atoms with E-state index in [0.717, 1.165) is 38.9 Å². The second-order valence-corrected chi connectivity index (χ2v) is 7.54. The van der Waals surface area contributed by atoms with Gasteiger partial charge in [0.05, 0.1) is 6.54 Å². The highest BCUT2D eigenvalue weighted by molar-refractivity contribution is 5.92. The first-order chi connectivity index (χ1) is 12.4. The van der Waals surface area contributed by atoms with Crippen molar-refractivity contribution in [3.8, 4) is 0 Å². The SMILES string of the molecule is CC(=O)N[C@@H]1CN(C)C2(CCN(CC(=O)Nc3ccc(F)cc3)CC2)C1. The molecule has 6 nitrogen and oxygen atoms in total. The summed E-state index contributed by atoms with van der Waals surface area (Å²) in [5.74, 6) is -0.374. The maximum Gasteiger partial charge on any atom is 0.238 e. The molecule has 0 radical (unpaired) electrons. The van der Waals surface area contributed by atoms with E-state index in [4.69, 9.17) is 0 Å². The van der Waals surface area contributed by atoms with Gasteiger partial charge in [0.2, 0.25) is 11.8 Å². The Hall–Kier alpha value is -1.99. The lowest BCUT2D eigenvalue weighted by atomic mass is 9.84. The van der Waals surface area contributed by atoms with Crippen molar-refractivity contribution in [2.24, 2.45) is 0 Å². The van der Waals surface area contributed by atoms with Crippen molar-refractivity contribution in [1.29, 1.82) is 0 Å². The van der Waals surface area contributed by atoms with Crippen molar-refractivity contribution in [2.75, 3.05) is 38.5 Å². The number of nitrogens with one attached hydrogen (secondary N) is 2. The second kappa shape index (κ2) is 7.72. The largest absolute Gasteiger partial charge is 0.352 e. The summed E-state index contributed by atoms with van der Waals surface area (Å²) in [7, 11) is 2.12. The Kier molecular flexibility index (Phi) is 5.58. The Balaban J connectivity index is 1.48. The molecule has 2 N–H and O–H groups in total. The normalized spacial score (nSPS) is 23.1. The number of hydrogen-bond acceptors (Lipinski definition) is 4. The molecule has 0 unspecified atom stereocenters. The number of rotatable bonds is 4. The van der Waals surface area contributed by atoms with Crippen molar-refractivity contribution in [3.05, 3.63) is 30.1 Å². The number of carbonyl (C=O) groups excluding carboxylic acids is 2. The molecule has 0 aliphatic carbocycles. The first-order valence-corrected chi connectivity index (χ1v) is 9.12. The number of likely N-dealkylation sites (tertiary alicyclic amines) is 2. The Morgan fingerprint density at radius 2 is 1.88 bits per heavy atom. The van der Waals surface area contributed by atoms with Gasteiger partial charge in [-0.25, -0.2) is 4.39 Å². The smallest absolute Gasteiger partial charge is 0.238 e. The van der Waals surface area contributed by atoms with Gasteiger partial charge in [0.25, 0.3) is 0 Å². The van der Waals surface area contributed by atoms with Crippen molar-refractivity contribution in [1.82, 2.24) is 15.1 Å². The fourth-order valence-electron chi connectivity index (χ4n) is 4.24. The van der Waals surface area contributed by atoms with Crippen LogP contribution in [0, 0.1) is 5.82 Å². The number of benzene rings is 1. The van der Waals surface area contributed by atoms with Gasteiger partial charge in [0, 0.05) is 43.8 Å². The van der Waals surface area contributed by atoms with Crippen LogP contribution in [0.25, 0.3) is 0 Å². The summed E-state index contributed by atoms with van der Waals surface area (Å²) in [6.45, 7) is 4.49. The number of anilines is 1. The van der Waals surface area contributed by atoms with E-state index in [-0.39, 0.29) is 29.2 Å². The fraction of sp³-hybridized carbons (Fsp3) is 0.579. The summed E-state index contributed by atoms with van der Waals surface area (Å²) in [5, 5.41) is 5.84. The fourth-order valence-corrected chi connectivity index (χ4v) is 4.24. The van der Waals surface area contributed by atoms with Crippen LogP contribution >= 0.6 is 0 Å². The molecule has 2 heterocycles. The molecule has 142 valence electrons. The molecule has 2 aliphatic rings. The van der Waals surface area contributed by atoms with E-state index in [9.17, 15) is 14.0 Å². The third-order valence-corrected chi connectivity index (χ3v) is 5.62. The van der Waals surface area contributed by atoms with Crippen LogP contribution in [-0.2, 0) is 9.59 Å². The molecule has 26 heavy (non-hydrogen) atoms. The number of hydrogen-bond donors (Lipinski definition) is 2. The molecule has 2 saturated heterocycles. The van der Waals surface area contributed by atoms with Gasteiger partial charge in [-0.15, -0.1) is 0 Å². The zero-order valence-electron chi connectivity index (χ0n) is 15.4. The van der Waals surface area contributed by atoms with Crippen molar-refractivity contribution >= 4 is 17.5 Å². The van der Waals surface area contributed by atoms with Crippen LogP contribution in [-0.4, -0.2) is 66.4 Å². The molecule has 1 aromatic rings. The van der Waals surface area contributed by atoms with Crippen molar-refractivity contribution in [2.45, 2.75) is 37.8 Å². The van der Waals surface area contributed by atoms with E-state index in [2.05, 4.69) is 27.5 Å². The molecule has 2 fully saturated rings. The summed E-state index contributed by atoms with van der Waals surface area (Å²) in [6, 6.07) is 6.01. The van der Waals surface area contributed by atoms with Gasteiger partial charge in [-0.2, -0.15) is 0 Å². The average molecular weight is 362 g/mol. The van der Waals surface area contributed by atoms with Gasteiger partial charge in [0.1, 0.15) is 5.82 Å². The summed E-state index contributed by atoms with van der Waals surface area (Å²) in [6.07, 6.45) is 2.95. The zero-order valence-corrected chi connectivity index (χ0v) is 15.4. The number of nitrogens with zero attached hydrogens (tertiary/aromatic N) is 2. The molecular weight excluding hydrogens is 335 g/mol. The van der Waals surface area contributed by atoms with Crippen LogP contribution in [0.5, 0.6) is 0 Å². The molecule has 2 amide bonds. The van der Waals surface area contributed by atoms with Crippen molar-refractivity contribution in [3.63, 3.8) is 0 Å². The van der Waals surface area contributed by atoms with Gasteiger partial charge in [-0.05, 0) is 50.6 Å². The van der Waals surface area contributed by atoms with Gasteiger partial charge < -0.3 is 10.6 Å². The number of halogens is 1. The van der Waals surface area contributed by atoms with E-state index in [0.29, 0.717) is 12.2 Å². The number of amides is 2. The first kappa shape index (κ1) is 18.8. The Morgan fingerprint density at radius 1 is 1.23 bits per heavy atom. The van der Waals surface area contributed by atoms with Crippen LogP contribution < -0.4 is 10.6 Å². The van der Waals surface area contributed by atoms with Crippen LogP contribution in [0.1, 0.15) is 26.2 Å². The molecule has 1 atom stereocenters. The Labute approximate surface area is 153 Å². The molecule has 0 saturated carbocycles. The summed E-state index contributed by atoms with van der Waals surface area (Å²) in [5.41, 5.74) is 0.732. The lowest BCUT2D eigenvalue weighted by Crippen LogP contribution is -2.51. The average Bonchev–Trinajstić information content (AvgIpc) is 2.86. The summed E-state index contributed by atoms with van der Waals surface area (Å²) < 4.78 is 12.9. The lowest BCUT2D eigenvalue weighted by Gasteiger charge is -2.43. The van der Waals surface area contributed by atoms with E-state index < -0.39 is 0 Å². The number of likely N-dealkylation sites (N-methyl/N-ethyl adjacent to an activating group) is 1. The minimum Gasteiger partial charge on any atom is -0.352 e. The minimum absolute atomic E-state index is 0.0235. The molecule has 1 spiro atoms. The van der Waals surface area contributed by atoms with E-state index in [1.165, 1.54) is 12.1 Å². The monoisotopic (exact) mass is 362 g/mol. The maximum atomic E-state index is 12.9. The Bertz CT molecular complexity index is 656. The third-order valence-electron chi connectivity index (χ3n) is 5.62. The third kappa shape index (κ3) is 4.40. The van der Waals surface area contributed by atoms with Gasteiger partial charge >= 0.3 is 0 Å². The van der Waals surface area contributed by atoms with Gasteiger partial charge in [-0.3, -0.25) is 19.4 Å². The first-order valence-electron chi connectivity index (χ1n) is 9.12. The van der Waals surface area contributed by atoms with Crippen molar-refractivity contribution < 1.29 is 14.0 Å². The number of carbonyl (C=O) groups is 2. The van der Waals surface area contributed by atoms with E-state index >= 15 is 0 Å². The van der Waals surface area contributed by atoms with Gasteiger partial charge in [-0.1, -0.05) is 0 Å².